The van der Waals surface area contributed by atoms with Gasteiger partial charge in [0.25, 0.3) is 5.56 Å². The van der Waals surface area contributed by atoms with Crippen molar-refractivity contribution in [2.24, 2.45) is 0 Å². The van der Waals surface area contributed by atoms with Crippen molar-refractivity contribution in [2.45, 2.75) is 18.6 Å². The predicted octanol–water partition coefficient (Wildman–Crippen LogP) is 4.22. The van der Waals surface area contributed by atoms with Crippen molar-refractivity contribution in [1.29, 1.82) is 0 Å². The van der Waals surface area contributed by atoms with Crippen molar-refractivity contribution in [3.8, 4) is 0 Å². The van der Waals surface area contributed by atoms with Gasteiger partial charge in [0.1, 0.15) is 0 Å². The minimum Gasteiger partial charge on any atom is -0.287 e. The molecule has 0 saturated heterocycles. The molecule has 0 atom stereocenters. The Morgan fingerprint density at radius 2 is 1.83 bits per heavy atom. The first kappa shape index (κ1) is 15.6. The Labute approximate surface area is 139 Å². The number of para-hydroxylation sites is 1. The maximum absolute atomic E-state index is 12.5. The van der Waals surface area contributed by atoms with Gasteiger partial charge in [0, 0.05) is 12.3 Å². The van der Waals surface area contributed by atoms with Crippen LogP contribution in [0.25, 0.3) is 17.0 Å². The summed E-state index contributed by atoms with van der Waals surface area (Å²) in [7, 11) is 0. The van der Waals surface area contributed by atoms with E-state index in [1.54, 1.807) is 16.3 Å². The molecule has 3 rings (SSSR count). The highest BCUT2D eigenvalue weighted by Crippen LogP contribution is 2.18. The lowest BCUT2D eigenvalue weighted by molar-refractivity contribution is 0.635. The van der Waals surface area contributed by atoms with Crippen LogP contribution in [0.4, 0.5) is 0 Å². The second kappa shape index (κ2) is 7.29. The van der Waals surface area contributed by atoms with E-state index in [1.807, 2.05) is 49.4 Å². The fraction of sp³-hybridized carbons (Fsp3) is 0.158. The molecule has 1 aromatic heterocycles. The largest absolute Gasteiger partial charge is 0.287 e. The van der Waals surface area contributed by atoms with Gasteiger partial charge in [-0.15, -0.1) is 0 Å². The number of fused-ring (bicyclic) bond motifs is 1. The van der Waals surface area contributed by atoms with E-state index in [2.05, 4.69) is 29.3 Å². The SMILES string of the molecule is CCn1c(SCC=Cc2ccccc2)nc2ccccc2c1=O. The number of rotatable bonds is 5. The van der Waals surface area contributed by atoms with Crippen LogP contribution in [-0.4, -0.2) is 15.3 Å². The van der Waals surface area contributed by atoms with Crippen LogP contribution in [0.3, 0.4) is 0 Å². The molecule has 4 heteroatoms. The quantitative estimate of drug-likeness (QED) is 0.521. The fourth-order valence-electron chi connectivity index (χ4n) is 2.41. The summed E-state index contributed by atoms with van der Waals surface area (Å²) in [5, 5.41) is 1.45. The van der Waals surface area contributed by atoms with Gasteiger partial charge in [0.05, 0.1) is 10.9 Å². The first-order valence-electron chi connectivity index (χ1n) is 7.63. The molecule has 116 valence electrons. The van der Waals surface area contributed by atoms with E-state index >= 15 is 0 Å². The molecule has 0 spiro atoms. The molecule has 0 amide bonds. The number of nitrogens with zero attached hydrogens (tertiary/aromatic N) is 2. The van der Waals surface area contributed by atoms with Crippen molar-refractivity contribution >= 4 is 28.7 Å². The number of thioether (sulfide) groups is 1. The topological polar surface area (TPSA) is 34.9 Å². The monoisotopic (exact) mass is 322 g/mol. The molecule has 1 heterocycles. The van der Waals surface area contributed by atoms with E-state index in [4.69, 9.17) is 0 Å². The Morgan fingerprint density at radius 3 is 2.61 bits per heavy atom. The molecule has 23 heavy (non-hydrogen) atoms. The standard InChI is InChI=1S/C19H18N2OS/c1-2-21-18(22)16-12-6-7-13-17(16)20-19(21)23-14-8-11-15-9-4-3-5-10-15/h3-13H,2,14H2,1H3. The molecule has 2 aromatic carbocycles. The smallest absolute Gasteiger partial charge is 0.262 e. The van der Waals surface area contributed by atoms with Crippen LogP contribution in [0, 0.1) is 0 Å². The molecular formula is C19H18N2OS. The lowest BCUT2D eigenvalue weighted by Gasteiger charge is -2.10. The van der Waals surface area contributed by atoms with Gasteiger partial charge in [-0.05, 0) is 24.6 Å². The summed E-state index contributed by atoms with van der Waals surface area (Å²) >= 11 is 1.58. The Kier molecular flexibility index (Phi) is 4.93. The summed E-state index contributed by atoms with van der Waals surface area (Å²) in [6, 6.07) is 17.7. The molecule has 3 nitrogen and oxygen atoms in total. The first-order valence-corrected chi connectivity index (χ1v) is 8.62. The average Bonchev–Trinajstić information content (AvgIpc) is 2.60. The summed E-state index contributed by atoms with van der Waals surface area (Å²) in [6.07, 6.45) is 4.18. The zero-order chi connectivity index (χ0) is 16.1. The van der Waals surface area contributed by atoms with E-state index < -0.39 is 0 Å². The predicted molar refractivity (Wildman–Crippen MR) is 97.9 cm³/mol. The van der Waals surface area contributed by atoms with Crippen LogP contribution in [0.15, 0.2) is 70.6 Å². The van der Waals surface area contributed by atoms with Crippen LogP contribution in [0.1, 0.15) is 12.5 Å². The number of aromatic nitrogens is 2. The van der Waals surface area contributed by atoms with Crippen molar-refractivity contribution < 1.29 is 0 Å². The number of benzene rings is 2. The van der Waals surface area contributed by atoms with Gasteiger partial charge < -0.3 is 0 Å². The highest BCUT2D eigenvalue weighted by atomic mass is 32.2. The van der Waals surface area contributed by atoms with Crippen molar-refractivity contribution in [1.82, 2.24) is 9.55 Å². The zero-order valence-corrected chi connectivity index (χ0v) is 13.8. The van der Waals surface area contributed by atoms with E-state index in [0.717, 1.165) is 16.4 Å². The second-order valence-corrected chi connectivity index (χ2v) is 6.07. The van der Waals surface area contributed by atoms with Gasteiger partial charge in [0.2, 0.25) is 0 Å². The molecule has 0 fully saturated rings. The van der Waals surface area contributed by atoms with Crippen LogP contribution in [0.5, 0.6) is 0 Å². The zero-order valence-electron chi connectivity index (χ0n) is 13.0. The Hall–Kier alpha value is -2.33. The Bertz CT molecular complexity index is 885. The van der Waals surface area contributed by atoms with Crippen LogP contribution >= 0.6 is 11.8 Å². The highest BCUT2D eigenvalue weighted by molar-refractivity contribution is 7.99. The number of hydrogen-bond acceptors (Lipinski definition) is 3. The summed E-state index contributed by atoms with van der Waals surface area (Å²) < 4.78 is 1.74. The summed E-state index contributed by atoms with van der Waals surface area (Å²) in [5.41, 5.74) is 1.97. The molecule has 0 aliphatic carbocycles. The van der Waals surface area contributed by atoms with E-state index in [-0.39, 0.29) is 5.56 Å². The molecule has 0 saturated carbocycles. The first-order chi connectivity index (χ1) is 11.3. The fourth-order valence-corrected chi connectivity index (χ4v) is 3.28. The maximum Gasteiger partial charge on any atom is 0.262 e. The van der Waals surface area contributed by atoms with Crippen molar-refractivity contribution in [3.63, 3.8) is 0 Å². The Morgan fingerprint density at radius 1 is 1.09 bits per heavy atom. The third-order valence-electron chi connectivity index (χ3n) is 3.56. The van der Waals surface area contributed by atoms with Crippen molar-refractivity contribution in [2.75, 3.05) is 5.75 Å². The summed E-state index contributed by atoms with van der Waals surface area (Å²) in [6.45, 7) is 2.60. The number of hydrogen-bond donors (Lipinski definition) is 0. The van der Waals surface area contributed by atoms with Crippen LogP contribution in [0.2, 0.25) is 0 Å². The van der Waals surface area contributed by atoms with Gasteiger partial charge in [-0.3, -0.25) is 9.36 Å². The summed E-state index contributed by atoms with van der Waals surface area (Å²) in [4.78, 5) is 17.2. The molecule has 0 aliphatic heterocycles. The molecular weight excluding hydrogens is 304 g/mol. The third kappa shape index (κ3) is 3.54. The molecule has 3 aromatic rings. The molecule has 0 radical (unpaired) electrons. The molecule has 0 aliphatic rings. The second-order valence-electron chi connectivity index (χ2n) is 5.08. The minimum atomic E-state index is 0.0349. The molecule has 0 unspecified atom stereocenters. The van der Waals surface area contributed by atoms with Crippen LogP contribution in [-0.2, 0) is 6.54 Å². The van der Waals surface area contributed by atoms with Gasteiger partial charge in [-0.2, -0.15) is 0 Å². The van der Waals surface area contributed by atoms with Crippen LogP contribution < -0.4 is 5.56 Å². The lowest BCUT2D eigenvalue weighted by atomic mass is 10.2. The third-order valence-corrected chi connectivity index (χ3v) is 4.49. The average molecular weight is 322 g/mol. The van der Waals surface area contributed by atoms with E-state index in [0.29, 0.717) is 11.9 Å². The molecule has 0 bridgehead atoms. The van der Waals surface area contributed by atoms with Crippen molar-refractivity contribution in [3.05, 3.63) is 76.6 Å². The molecule has 0 N–H and O–H groups in total. The van der Waals surface area contributed by atoms with Gasteiger partial charge in [0.15, 0.2) is 5.16 Å². The maximum atomic E-state index is 12.5. The van der Waals surface area contributed by atoms with E-state index in [9.17, 15) is 4.79 Å². The Balaban J connectivity index is 1.82. The normalized spacial score (nSPS) is 11.3. The van der Waals surface area contributed by atoms with Gasteiger partial charge in [-0.1, -0.05) is 66.4 Å². The lowest BCUT2D eigenvalue weighted by Crippen LogP contribution is -2.22. The highest BCUT2D eigenvalue weighted by Gasteiger charge is 2.09. The van der Waals surface area contributed by atoms with E-state index in [1.165, 1.54) is 5.56 Å². The summed E-state index contributed by atoms with van der Waals surface area (Å²) in [5.74, 6) is 0.777. The minimum absolute atomic E-state index is 0.0349. The van der Waals surface area contributed by atoms with Gasteiger partial charge >= 0.3 is 0 Å². The van der Waals surface area contributed by atoms with Gasteiger partial charge in [-0.25, -0.2) is 4.98 Å².